The summed E-state index contributed by atoms with van der Waals surface area (Å²) in [6, 6.07) is 12.0. The molecule has 2 heterocycles. The first-order chi connectivity index (χ1) is 15.9. The van der Waals surface area contributed by atoms with Crippen LogP contribution in [0.1, 0.15) is 50.8 Å². The topological polar surface area (TPSA) is 89.9 Å². The summed E-state index contributed by atoms with van der Waals surface area (Å²) in [4.78, 5) is 31.0. The van der Waals surface area contributed by atoms with Crippen molar-refractivity contribution >= 4 is 28.6 Å². The Morgan fingerprint density at radius 2 is 1.70 bits per heavy atom. The molecule has 166 valence electrons. The molecule has 0 amide bonds. The number of anilines is 2. The summed E-state index contributed by atoms with van der Waals surface area (Å²) < 4.78 is 5.25. The molecule has 0 saturated heterocycles. The van der Waals surface area contributed by atoms with Crippen LogP contribution in [0, 0.1) is 20.8 Å². The van der Waals surface area contributed by atoms with Gasteiger partial charge in [0.2, 0.25) is 11.9 Å². The number of ether oxygens (including phenoxy) is 1. The van der Waals surface area contributed by atoms with Crippen LogP contribution >= 0.6 is 0 Å². The van der Waals surface area contributed by atoms with Gasteiger partial charge < -0.3 is 4.74 Å². The Bertz CT molecular complexity index is 1380. The maximum Gasteiger partial charge on any atom is 0.230 e. The van der Waals surface area contributed by atoms with Gasteiger partial charge in [-0.25, -0.2) is 19.9 Å². The van der Waals surface area contributed by atoms with E-state index in [1.165, 1.54) is 11.1 Å². The Morgan fingerprint density at radius 1 is 0.939 bits per heavy atom. The average molecular weight is 440 g/mol. The monoisotopic (exact) mass is 439 g/mol. The molecule has 0 aliphatic heterocycles. The Hall–Kier alpha value is -3.87. The molecule has 1 aliphatic carbocycles. The number of nitrogens with zero attached hydrogens (tertiary/aromatic N) is 4. The number of carbonyl (C=O) groups is 1. The molecule has 2 aromatic carbocycles. The van der Waals surface area contributed by atoms with E-state index in [0.717, 1.165) is 33.6 Å². The second kappa shape index (κ2) is 8.24. The Labute approximate surface area is 192 Å². The fourth-order valence-corrected chi connectivity index (χ4v) is 4.31. The number of hydrogen-bond acceptors (Lipinski definition) is 7. The molecule has 0 fully saturated rings. The lowest BCUT2D eigenvalue weighted by Crippen LogP contribution is -2.21. The molecule has 0 saturated carbocycles. The zero-order valence-corrected chi connectivity index (χ0v) is 19.1. The number of aryl methyl sites for hydroxylation is 3. The van der Waals surface area contributed by atoms with Crippen molar-refractivity contribution < 1.29 is 9.53 Å². The first-order valence-corrected chi connectivity index (χ1v) is 11.0. The molecule has 0 radical (unpaired) electrons. The van der Waals surface area contributed by atoms with Crippen molar-refractivity contribution in [1.82, 2.24) is 19.9 Å². The van der Waals surface area contributed by atoms with Crippen LogP contribution in [0.15, 0.2) is 42.6 Å². The van der Waals surface area contributed by atoms with Crippen molar-refractivity contribution in [3.63, 3.8) is 0 Å². The molecule has 7 nitrogen and oxygen atoms in total. The SMILES string of the molecule is COc1ccc(C2CC(=O)c3cnc(Nc4nc(C)c5cc(C)c(C)cc5n4)nc3C2)cc1. The second-order valence-electron chi connectivity index (χ2n) is 8.57. The highest BCUT2D eigenvalue weighted by Crippen LogP contribution is 2.33. The zero-order valence-electron chi connectivity index (χ0n) is 19.1. The zero-order chi connectivity index (χ0) is 23.1. The number of fused-ring (bicyclic) bond motifs is 2. The van der Waals surface area contributed by atoms with Crippen LogP contribution in [0.4, 0.5) is 11.9 Å². The molecular formula is C26H25N5O2. The summed E-state index contributed by atoms with van der Waals surface area (Å²) in [5.74, 6) is 1.76. The number of aromatic nitrogens is 4. The molecule has 5 rings (SSSR count). The standard InChI is InChI=1S/C26H25N5O2/c1-14-9-20-16(3)28-26(30-22(20)10-15(14)2)31-25-27-13-21-23(29-25)11-18(12-24(21)32)17-5-7-19(33-4)8-6-17/h5-10,13,18H,11-12H2,1-4H3,(H,27,28,29,30,31). The van der Waals surface area contributed by atoms with Crippen LogP contribution in [0.5, 0.6) is 5.75 Å². The number of rotatable bonds is 4. The average Bonchev–Trinajstić information content (AvgIpc) is 2.80. The third kappa shape index (κ3) is 4.02. The number of nitrogens with one attached hydrogen (secondary N) is 1. The van der Waals surface area contributed by atoms with E-state index in [2.05, 4.69) is 51.2 Å². The van der Waals surface area contributed by atoms with Crippen LogP contribution in [0.25, 0.3) is 10.9 Å². The van der Waals surface area contributed by atoms with Gasteiger partial charge in [-0.1, -0.05) is 12.1 Å². The van der Waals surface area contributed by atoms with Crippen LogP contribution in [0.2, 0.25) is 0 Å². The number of methoxy groups -OCH3 is 1. The molecule has 0 bridgehead atoms. The highest BCUT2D eigenvalue weighted by molar-refractivity contribution is 5.98. The third-order valence-electron chi connectivity index (χ3n) is 6.35. The fraction of sp³-hybridized carbons (Fsp3) is 0.269. The third-order valence-corrected chi connectivity index (χ3v) is 6.35. The molecule has 1 aliphatic rings. The summed E-state index contributed by atoms with van der Waals surface area (Å²) in [5, 5.41) is 4.16. The molecular weight excluding hydrogens is 414 g/mol. The lowest BCUT2D eigenvalue weighted by Gasteiger charge is -2.23. The van der Waals surface area contributed by atoms with Gasteiger partial charge >= 0.3 is 0 Å². The van der Waals surface area contributed by atoms with Gasteiger partial charge in [0, 0.05) is 18.0 Å². The number of hydrogen-bond donors (Lipinski definition) is 1. The highest BCUT2D eigenvalue weighted by atomic mass is 16.5. The first kappa shape index (κ1) is 21.0. The summed E-state index contributed by atoms with van der Waals surface area (Å²) in [5.41, 5.74) is 6.59. The Balaban J connectivity index is 1.43. The lowest BCUT2D eigenvalue weighted by atomic mass is 9.82. The Kier molecular flexibility index (Phi) is 5.24. The van der Waals surface area contributed by atoms with Gasteiger partial charge in [0.1, 0.15) is 5.75 Å². The van der Waals surface area contributed by atoms with Crippen molar-refractivity contribution in [3.05, 3.63) is 76.2 Å². The van der Waals surface area contributed by atoms with Crippen molar-refractivity contribution in [2.45, 2.75) is 39.5 Å². The molecule has 0 spiro atoms. The van der Waals surface area contributed by atoms with Crippen LogP contribution in [-0.2, 0) is 6.42 Å². The van der Waals surface area contributed by atoms with Gasteiger partial charge in [-0.15, -0.1) is 0 Å². The fourth-order valence-electron chi connectivity index (χ4n) is 4.31. The molecule has 1 unspecified atom stereocenters. The quantitative estimate of drug-likeness (QED) is 0.478. The molecule has 1 N–H and O–H groups in total. The predicted molar refractivity (Wildman–Crippen MR) is 127 cm³/mol. The summed E-state index contributed by atoms with van der Waals surface area (Å²) in [6.07, 6.45) is 2.72. The van der Waals surface area contributed by atoms with E-state index in [1.54, 1.807) is 13.3 Å². The second-order valence-corrected chi connectivity index (χ2v) is 8.57. The van der Waals surface area contributed by atoms with E-state index >= 15 is 0 Å². The van der Waals surface area contributed by atoms with Crippen LogP contribution < -0.4 is 10.1 Å². The lowest BCUT2D eigenvalue weighted by molar-refractivity contribution is 0.0962. The highest BCUT2D eigenvalue weighted by Gasteiger charge is 2.28. The number of benzene rings is 2. The predicted octanol–water partition coefficient (Wildman–Crippen LogP) is 5.01. The maximum atomic E-state index is 12.8. The van der Waals surface area contributed by atoms with Gasteiger partial charge in [0.25, 0.3) is 0 Å². The molecule has 4 aromatic rings. The first-order valence-electron chi connectivity index (χ1n) is 11.0. The molecule has 33 heavy (non-hydrogen) atoms. The van der Waals surface area contributed by atoms with Crippen molar-refractivity contribution in [2.24, 2.45) is 0 Å². The van der Waals surface area contributed by atoms with Crippen molar-refractivity contribution in [3.8, 4) is 5.75 Å². The minimum Gasteiger partial charge on any atom is -0.497 e. The van der Waals surface area contributed by atoms with Crippen molar-refractivity contribution in [2.75, 3.05) is 12.4 Å². The van der Waals surface area contributed by atoms with Gasteiger partial charge in [-0.2, -0.15) is 0 Å². The maximum absolute atomic E-state index is 12.8. The van der Waals surface area contributed by atoms with E-state index in [4.69, 9.17) is 4.74 Å². The van der Waals surface area contributed by atoms with E-state index in [0.29, 0.717) is 30.3 Å². The van der Waals surface area contributed by atoms with E-state index in [-0.39, 0.29) is 11.7 Å². The van der Waals surface area contributed by atoms with Gasteiger partial charge in [-0.3, -0.25) is 10.1 Å². The van der Waals surface area contributed by atoms with Crippen LogP contribution in [0.3, 0.4) is 0 Å². The van der Waals surface area contributed by atoms with E-state index in [1.807, 2.05) is 31.2 Å². The molecule has 2 aromatic heterocycles. The molecule has 1 atom stereocenters. The van der Waals surface area contributed by atoms with Gasteiger partial charge in [0.05, 0.1) is 29.6 Å². The van der Waals surface area contributed by atoms with Crippen LogP contribution in [-0.4, -0.2) is 32.8 Å². The number of Topliss-reactive ketones (excluding diaryl/α,β-unsaturated/α-hetero) is 1. The summed E-state index contributed by atoms with van der Waals surface area (Å²) in [6.45, 7) is 6.12. The molecule has 7 heteroatoms. The van der Waals surface area contributed by atoms with Gasteiger partial charge in [0.15, 0.2) is 5.78 Å². The summed E-state index contributed by atoms with van der Waals surface area (Å²) in [7, 11) is 1.64. The normalized spacial score (nSPS) is 15.4. The smallest absolute Gasteiger partial charge is 0.230 e. The number of ketones is 1. The summed E-state index contributed by atoms with van der Waals surface area (Å²) >= 11 is 0. The van der Waals surface area contributed by atoms with Crippen molar-refractivity contribution in [1.29, 1.82) is 0 Å². The van der Waals surface area contributed by atoms with Gasteiger partial charge in [-0.05, 0) is 74.1 Å². The minimum absolute atomic E-state index is 0.0623. The van der Waals surface area contributed by atoms with E-state index in [9.17, 15) is 4.79 Å². The Morgan fingerprint density at radius 3 is 2.45 bits per heavy atom. The minimum atomic E-state index is 0.0623. The largest absolute Gasteiger partial charge is 0.497 e. The van der Waals surface area contributed by atoms with E-state index < -0.39 is 0 Å². The number of carbonyl (C=O) groups excluding carboxylic acids is 1.